The number of halogens is 3. The smallest absolute Gasteiger partial charge is 0.416 e. The molecule has 2 nitrogen and oxygen atoms in total. The first kappa shape index (κ1) is 13.4. The topological polar surface area (TPSA) is 26.3 Å². The summed E-state index contributed by atoms with van der Waals surface area (Å²) in [5.41, 5.74) is -0.649. The quantitative estimate of drug-likeness (QED) is 0.766. The fourth-order valence-corrected chi connectivity index (χ4v) is 1.76. The summed E-state index contributed by atoms with van der Waals surface area (Å²) < 4.78 is 43.2. The minimum absolute atomic E-state index is 0.0561. The van der Waals surface area contributed by atoms with Gasteiger partial charge in [0.15, 0.2) is 0 Å². The molecule has 5 heteroatoms. The second kappa shape index (κ2) is 5.30. The number of alkyl halides is 3. The van der Waals surface area contributed by atoms with Crippen LogP contribution >= 0.6 is 0 Å². The van der Waals surface area contributed by atoms with Crippen LogP contribution < -0.4 is 0 Å². The van der Waals surface area contributed by atoms with Gasteiger partial charge in [0.05, 0.1) is 5.56 Å². The minimum Gasteiger partial charge on any atom is -0.455 e. The van der Waals surface area contributed by atoms with E-state index in [1.54, 1.807) is 6.08 Å². The van der Waals surface area contributed by atoms with Crippen molar-refractivity contribution in [1.82, 2.24) is 0 Å². The minimum atomic E-state index is -4.40. The Bertz CT molecular complexity index is 530. The Kier molecular flexibility index (Phi) is 3.74. The van der Waals surface area contributed by atoms with Crippen LogP contribution in [0.15, 0.2) is 42.5 Å². The highest BCUT2D eigenvalue weighted by Gasteiger charge is 2.32. The van der Waals surface area contributed by atoms with Gasteiger partial charge in [0.25, 0.3) is 0 Å². The molecule has 0 radical (unpaired) electrons. The lowest BCUT2D eigenvalue weighted by atomic mass is 10.1. The van der Waals surface area contributed by atoms with Crippen LogP contribution in [0.3, 0.4) is 0 Å². The third kappa shape index (κ3) is 3.47. The summed E-state index contributed by atoms with van der Waals surface area (Å²) in [5, 5.41) is 0. The maximum atomic E-state index is 12.7. The molecule has 0 bridgehead atoms. The molecule has 0 saturated carbocycles. The number of carbonyl (C=O) groups is 1. The van der Waals surface area contributed by atoms with Gasteiger partial charge >= 0.3 is 12.1 Å². The van der Waals surface area contributed by atoms with Gasteiger partial charge in [-0.15, -0.1) is 0 Å². The molecule has 1 unspecified atom stereocenters. The normalized spacial score (nSPS) is 19.7. The SMILES string of the molecule is O=C1C=CCC(/C=C/c2ccccc2C(F)(F)F)O1. The van der Waals surface area contributed by atoms with Crippen molar-refractivity contribution in [3.05, 3.63) is 53.6 Å². The number of ether oxygens (including phenoxy) is 1. The van der Waals surface area contributed by atoms with E-state index in [1.165, 1.54) is 36.4 Å². The Morgan fingerprint density at radius 2 is 2.00 bits per heavy atom. The molecule has 1 aromatic rings. The Labute approximate surface area is 108 Å². The van der Waals surface area contributed by atoms with E-state index >= 15 is 0 Å². The van der Waals surface area contributed by atoms with Gasteiger partial charge in [-0.05, 0) is 17.7 Å². The van der Waals surface area contributed by atoms with Crippen molar-refractivity contribution >= 4 is 12.0 Å². The lowest BCUT2D eigenvalue weighted by Gasteiger charge is -2.15. The molecule has 100 valence electrons. The fourth-order valence-electron chi connectivity index (χ4n) is 1.76. The van der Waals surface area contributed by atoms with E-state index in [-0.39, 0.29) is 5.56 Å². The summed E-state index contributed by atoms with van der Waals surface area (Å²) in [7, 11) is 0. The molecule has 1 aliphatic rings. The van der Waals surface area contributed by atoms with Gasteiger partial charge in [-0.3, -0.25) is 0 Å². The van der Waals surface area contributed by atoms with Gasteiger partial charge in [-0.2, -0.15) is 13.2 Å². The maximum absolute atomic E-state index is 12.7. The lowest BCUT2D eigenvalue weighted by Crippen LogP contribution is -2.17. The molecule has 19 heavy (non-hydrogen) atoms. The van der Waals surface area contributed by atoms with Gasteiger partial charge in [0.2, 0.25) is 0 Å². The Hall–Kier alpha value is -2.04. The van der Waals surface area contributed by atoms with E-state index in [0.717, 1.165) is 6.07 Å². The number of cyclic esters (lactones) is 1. The van der Waals surface area contributed by atoms with Crippen molar-refractivity contribution in [2.45, 2.75) is 18.7 Å². The number of hydrogen-bond acceptors (Lipinski definition) is 2. The van der Waals surface area contributed by atoms with E-state index < -0.39 is 23.8 Å². The van der Waals surface area contributed by atoms with Crippen LogP contribution in [0.5, 0.6) is 0 Å². The molecule has 0 saturated heterocycles. The third-order valence-corrected chi connectivity index (χ3v) is 2.65. The first-order chi connectivity index (χ1) is 8.97. The predicted molar refractivity (Wildman–Crippen MR) is 64.1 cm³/mol. The molecule has 0 aliphatic carbocycles. The van der Waals surface area contributed by atoms with Crippen LogP contribution in [-0.4, -0.2) is 12.1 Å². The maximum Gasteiger partial charge on any atom is 0.416 e. The molecule has 0 N–H and O–H groups in total. The molecule has 1 aliphatic heterocycles. The molecule has 0 aromatic heterocycles. The van der Waals surface area contributed by atoms with Gasteiger partial charge in [-0.1, -0.05) is 30.4 Å². The standard InChI is InChI=1S/C14H11F3O2/c15-14(16,17)12-6-2-1-4-10(12)8-9-11-5-3-7-13(18)19-11/h1-4,6-9,11H,5H2/b9-8+. The molecule has 2 rings (SSSR count). The Morgan fingerprint density at radius 1 is 1.26 bits per heavy atom. The van der Waals surface area contributed by atoms with Crippen LogP contribution in [0, 0.1) is 0 Å². The molecule has 1 aromatic carbocycles. The van der Waals surface area contributed by atoms with Gasteiger partial charge < -0.3 is 4.74 Å². The zero-order chi connectivity index (χ0) is 13.9. The second-order valence-electron chi connectivity index (χ2n) is 4.06. The first-order valence-corrected chi connectivity index (χ1v) is 5.68. The van der Waals surface area contributed by atoms with Crippen molar-refractivity contribution in [3.8, 4) is 0 Å². The molecule has 0 fully saturated rings. The third-order valence-electron chi connectivity index (χ3n) is 2.65. The molecule has 1 heterocycles. The highest BCUT2D eigenvalue weighted by atomic mass is 19.4. The van der Waals surface area contributed by atoms with Crippen molar-refractivity contribution in [2.24, 2.45) is 0 Å². The summed E-state index contributed by atoms with van der Waals surface area (Å²) in [6.45, 7) is 0. The van der Waals surface area contributed by atoms with E-state index in [4.69, 9.17) is 4.74 Å². The summed E-state index contributed by atoms with van der Waals surface area (Å²) >= 11 is 0. The van der Waals surface area contributed by atoms with Crippen molar-refractivity contribution in [2.75, 3.05) is 0 Å². The molecule has 1 atom stereocenters. The largest absolute Gasteiger partial charge is 0.455 e. The van der Waals surface area contributed by atoms with Crippen LogP contribution in [0.2, 0.25) is 0 Å². The molecular formula is C14H11F3O2. The predicted octanol–water partition coefficient (Wildman–Crippen LogP) is 3.59. The van der Waals surface area contributed by atoms with E-state index in [1.807, 2.05) is 0 Å². The van der Waals surface area contributed by atoms with Gasteiger partial charge in [-0.25, -0.2) is 4.79 Å². The highest BCUT2D eigenvalue weighted by molar-refractivity contribution is 5.83. The van der Waals surface area contributed by atoms with Crippen LogP contribution in [0.25, 0.3) is 6.08 Å². The number of hydrogen-bond donors (Lipinski definition) is 0. The first-order valence-electron chi connectivity index (χ1n) is 5.68. The molecule has 0 spiro atoms. The number of benzene rings is 1. The van der Waals surface area contributed by atoms with Crippen LogP contribution in [0.1, 0.15) is 17.5 Å². The van der Waals surface area contributed by atoms with Crippen LogP contribution in [0.4, 0.5) is 13.2 Å². The number of esters is 1. The summed E-state index contributed by atoms with van der Waals surface area (Å²) in [4.78, 5) is 11.0. The number of rotatable bonds is 2. The van der Waals surface area contributed by atoms with Gasteiger partial charge in [0.1, 0.15) is 6.10 Å². The van der Waals surface area contributed by atoms with Crippen LogP contribution in [-0.2, 0) is 15.7 Å². The Morgan fingerprint density at radius 3 is 2.68 bits per heavy atom. The average Bonchev–Trinajstić information content (AvgIpc) is 2.36. The summed E-state index contributed by atoms with van der Waals surface area (Å²) in [6.07, 6.45) is 1.29. The van der Waals surface area contributed by atoms with Crippen molar-refractivity contribution in [1.29, 1.82) is 0 Å². The fraction of sp³-hybridized carbons (Fsp3) is 0.214. The summed E-state index contributed by atoms with van der Waals surface area (Å²) in [5.74, 6) is -0.481. The zero-order valence-electron chi connectivity index (χ0n) is 9.85. The van der Waals surface area contributed by atoms with E-state index in [0.29, 0.717) is 6.42 Å². The van der Waals surface area contributed by atoms with Gasteiger partial charge in [0, 0.05) is 12.5 Å². The molecule has 0 amide bonds. The second-order valence-corrected chi connectivity index (χ2v) is 4.06. The number of carbonyl (C=O) groups excluding carboxylic acids is 1. The lowest BCUT2D eigenvalue weighted by molar-refractivity contribution is -0.142. The van der Waals surface area contributed by atoms with Crippen molar-refractivity contribution in [3.63, 3.8) is 0 Å². The van der Waals surface area contributed by atoms with Crippen molar-refractivity contribution < 1.29 is 22.7 Å². The average molecular weight is 268 g/mol. The highest BCUT2D eigenvalue weighted by Crippen LogP contribution is 2.32. The zero-order valence-corrected chi connectivity index (χ0v) is 9.85. The van der Waals surface area contributed by atoms with E-state index in [9.17, 15) is 18.0 Å². The Balaban J connectivity index is 2.20. The van der Waals surface area contributed by atoms with E-state index in [2.05, 4.69) is 0 Å². The summed E-state index contributed by atoms with van der Waals surface area (Å²) in [6, 6.07) is 5.26. The molecular weight excluding hydrogens is 257 g/mol. The monoisotopic (exact) mass is 268 g/mol.